The lowest BCUT2D eigenvalue weighted by molar-refractivity contribution is -0.107. The molecule has 4 unspecified atom stereocenters. The van der Waals surface area contributed by atoms with E-state index in [1.165, 1.54) is 51.4 Å². The smallest absolute Gasteiger partial charge is 0.0603 e. The van der Waals surface area contributed by atoms with E-state index in [0.29, 0.717) is 24.4 Å². The lowest BCUT2D eigenvalue weighted by atomic mass is 9.94. The van der Waals surface area contributed by atoms with Crippen LogP contribution in [-0.4, -0.2) is 24.4 Å². The van der Waals surface area contributed by atoms with E-state index in [0.717, 1.165) is 6.42 Å². The highest BCUT2D eigenvalue weighted by Crippen LogP contribution is 2.29. The fourth-order valence-electron chi connectivity index (χ4n) is 3.20. The third-order valence-electron chi connectivity index (χ3n) is 4.31. The van der Waals surface area contributed by atoms with Crippen LogP contribution in [0.25, 0.3) is 0 Å². The summed E-state index contributed by atoms with van der Waals surface area (Å²) in [5.41, 5.74) is 0. The van der Waals surface area contributed by atoms with Gasteiger partial charge < -0.3 is 9.47 Å². The molecule has 2 heterocycles. The van der Waals surface area contributed by atoms with Crippen molar-refractivity contribution in [2.24, 2.45) is 0 Å². The topological polar surface area (TPSA) is 18.5 Å². The van der Waals surface area contributed by atoms with Gasteiger partial charge in [-0.05, 0) is 57.8 Å². The lowest BCUT2D eigenvalue weighted by Crippen LogP contribution is -2.34. The van der Waals surface area contributed by atoms with Gasteiger partial charge in [-0.15, -0.1) is 0 Å². The van der Waals surface area contributed by atoms with Crippen LogP contribution in [0.1, 0.15) is 71.6 Å². The van der Waals surface area contributed by atoms with Crippen LogP contribution in [0.4, 0.5) is 0 Å². The van der Waals surface area contributed by atoms with Crippen LogP contribution < -0.4 is 0 Å². The molecular weight excluding hydrogens is 212 g/mol. The van der Waals surface area contributed by atoms with E-state index in [1.54, 1.807) is 0 Å². The molecule has 0 bridgehead atoms. The Morgan fingerprint density at radius 3 is 1.53 bits per heavy atom. The minimum Gasteiger partial charge on any atom is -0.375 e. The maximum Gasteiger partial charge on any atom is 0.0603 e. The van der Waals surface area contributed by atoms with E-state index in [9.17, 15) is 0 Å². The summed E-state index contributed by atoms with van der Waals surface area (Å²) in [4.78, 5) is 0. The molecule has 2 aliphatic heterocycles. The van der Waals surface area contributed by atoms with Crippen LogP contribution in [0.15, 0.2) is 0 Å². The van der Waals surface area contributed by atoms with Crippen molar-refractivity contribution in [3.8, 4) is 0 Å². The van der Waals surface area contributed by atoms with Gasteiger partial charge in [0.25, 0.3) is 0 Å². The van der Waals surface area contributed by atoms with Gasteiger partial charge in [-0.2, -0.15) is 0 Å². The molecule has 2 saturated heterocycles. The van der Waals surface area contributed by atoms with Crippen molar-refractivity contribution in [3.63, 3.8) is 0 Å². The third-order valence-corrected chi connectivity index (χ3v) is 4.31. The first kappa shape index (κ1) is 13.4. The van der Waals surface area contributed by atoms with E-state index >= 15 is 0 Å². The summed E-state index contributed by atoms with van der Waals surface area (Å²) < 4.78 is 12.3. The zero-order chi connectivity index (χ0) is 12.1. The molecule has 0 spiro atoms. The molecule has 100 valence electrons. The molecule has 0 N–H and O–H groups in total. The van der Waals surface area contributed by atoms with Crippen LogP contribution in [0, 0.1) is 0 Å². The average Bonchev–Trinajstić information content (AvgIpc) is 2.39. The molecule has 2 aliphatic rings. The maximum absolute atomic E-state index is 6.13. The Hall–Kier alpha value is -0.0800. The van der Waals surface area contributed by atoms with Gasteiger partial charge in [-0.25, -0.2) is 0 Å². The number of rotatable bonds is 4. The summed E-state index contributed by atoms with van der Waals surface area (Å²) in [5, 5.41) is 0. The average molecular weight is 240 g/mol. The quantitative estimate of drug-likeness (QED) is 0.737. The Bertz CT molecular complexity index is 195. The zero-order valence-electron chi connectivity index (χ0n) is 11.5. The van der Waals surface area contributed by atoms with Gasteiger partial charge in [-0.1, -0.05) is 13.8 Å². The number of hydrogen-bond acceptors (Lipinski definition) is 2. The second kappa shape index (κ2) is 6.75. The van der Waals surface area contributed by atoms with Crippen molar-refractivity contribution in [1.29, 1.82) is 0 Å². The van der Waals surface area contributed by atoms with Crippen LogP contribution in [0.3, 0.4) is 0 Å². The van der Waals surface area contributed by atoms with Gasteiger partial charge in [0.1, 0.15) is 0 Å². The molecule has 2 heteroatoms. The molecule has 0 aromatic heterocycles. The first-order valence-corrected chi connectivity index (χ1v) is 7.62. The normalized spacial score (nSPS) is 39.2. The van der Waals surface area contributed by atoms with Gasteiger partial charge >= 0.3 is 0 Å². The summed E-state index contributed by atoms with van der Waals surface area (Å²) in [5.74, 6) is 0. The Kier molecular flexibility index (Phi) is 5.30. The van der Waals surface area contributed by atoms with Gasteiger partial charge in [0.2, 0.25) is 0 Å². The second-order valence-electron chi connectivity index (χ2n) is 5.67. The summed E-state index contributed by atoms with van der Waals surface area (Å²) in [7, 11) is 0. The molecular formula is C15H28O2. The third kappa shape index (κ3) is 3.96. The van der Waals surface area contributed by atoms with Crippen molar-refractivity contribution in [2.75, 3.05) is 0 Å². The zero-order valence-corrected chi connectivity index (χ0v) is 11.5. The molecule has 0 amide bonds. The lowest BCUT2D eigenvalue weighted by Gasteiger charge is -2.35. The Morgan fingerprint density at radius 1 is 0.706 bits per heavy atom. The summed E-state index contributed by atoms with van der Waals surface area (Å²) in [6, 6.07) is 0. The predicted molar refractivity (Wildman–Crippen MR) is 70.2 cm³/mol. The molecule has 2 nitrogen and oxygen atoms in total. The summed E-state index contributed by atoms with van der Waals surface area (Å²) in [6.07, 6.45) is 13.1. The Labute approximate surface area is 106 Å². The van der Waals surface area contributed by atoms with Crippen LogP contribution in [0.2, 0.25) is 0 Å². The van der Waals surface area contributed by atoms with Gasteiger partial charge in [0.05, 0.1) is 24.4 Å². The summed E-state index contributed by atoms with van der Waals surface area (Å²) >= 11 is 0. The number of hydrogen-bond donors (Lipinski definition) is 0. The second-order valence-corrected chi connectivity index (χ2v) is 5.67. The molecule has 0 radical (unpaired) electrons. The number of ether oxygens (including phenoxy) is 2. The fourth-order valence-corrected chi connectivity index (χ4v) is 3.20. The Morgan fingerprint density at radius 2 is 1.12 bits per heavy atom. The first-order valence-electron chi connectivity index (χ1n) is 7.62. The van der Waals surface area contributed by atoms with Crippen molar-refractivity contribution in [1.82, 2.24) is 0 Å². The van der Waals surface area contributed by atoms with Gasteiger partial charge in [-0.3, -0.25) is 0 Å². The molecule has 2 fully saturated rings. The van der Waals surface area contributed by atoms with E-state index in [2.05, 4.69) is 13.8 Å². The molecule has 0 aromatic rings. The maximum atomic E-state index is 6.13. The first-order chi connectivity index (χ1) is 8.31. The fraction of sp³-hybridized carbons (Fsp3) is 1.00. The molecule has 0 saturated carbocycles. The van der Waals surface area contributed by atoms with E-state index < -0.39 is 0 Å². The van der Waals surface area contributed by atoms with Crippen molar-refractivity contribution >= 4 is 0 Å². The Balaban J connectivity index is 1.75. The van der Waals surface area contributed by atoms with Crippen molar-refractivity contribution in [2.45, 2.75) is 96.1 Å². The predicted octanol–water partition coefficient (Wildman–Crippen LogP) is 4.07. The standard InChI is InChI=1S/C15H28O2/c1-3-12-7-5-9-14(16-12)11-15-10-6-8-13(4-2)17-15/h12-15H,3-11H2,1-2H3. The molecule has 4 atom stereocenters. The highest BCUT2D eigenvalue weighted by molar-refractivity contribution is 4.77. The van der Waals surface area contributed by atoms with Crippen molar-refractivity contribution < 1.29 is 9.47 Å². The van der Waals surface area contributed by atoms with Crippen LogP contribution in [0.5, 0.6) is 0 Å². The van der Waals surface area contributed by atoms with E-state index in [1.807, 2.05) is 0 Å². The van der Waals surface area contributed by atoms with Crippen LogP contribution in [-0.2, 0) is 9.47 Å². The largest absolute Gasteiger partial charge is 0.375 e. The molecule has 17 heavy (non-hydrogen) atoms. The van der Waals surface area contributed by atoms with Crippen LogP contribution >= 0.6 is 0 Å². The summed E-state index contributed by atoms with van der Waals surface area (Å²) in [6.45, 7) is 4.47. The molecule has 2 rings (SSSR count). The van der Waals surface area contributed by atoms with E-state index in [4.69, 9.17) is 9.47 Å². The van der Waals surface area contributed by atoms with Crippen molar-refractivity contribution in [3.05, 3.63) is 0 Å². The van der Waals surface area contributed by atoms with Gasteiger partial charge in [0.15, 0.2) is 0 Å². The van der Waals surface area contributed by atoms with E-state index in [-0.39, 0.29) is 0 Å². The minimum absolute atomic E-state index is 0.467. The SMILES string of the molecule is CCC1CCCC(CC2CCCC(CC)O2)O1. The highest BCUT2D eigenvalue weighted by atomic mass is 16.5. The molecule has 0 aromatic carbocycles. The van der Waals surface area contributed by atoms with Gasteiger partial charge in [0, 0.05) is 0 Å². The molecule has 0 aliphatic carbocycles. The monoisotopic (exact) mass is 240 g/mol. The highest BCUT2D eigenvalue weighted by Gasteiger charge is 2.27. The minimum atomic E-state index is 0.467.